The summed E-state index contributed by atoms with van der Waals surface area (Å²) in [6.45, 7) is 0. The molecule has 3 rings (SSSR count). The number of aromatic nitrogens is 1. The van der Waals surface area contributed by atoms with Crippen LogP contribution in [0.5, 0.6) is 0 Å². The van der Waals surface area contributed by atoms with Crippen molar-refractivity contribution in [2.75, 3.05) is 5.32 Å². The third-order valence-electron chi connectivity index (χ3n) is 3.11. The zero-order valence-corrected chi connectivity index (χ0v) is 15.7. The van der Waals surface area contributed by atoms with E-state index in [4.69, 9.17) is 23.2 Å². The highest BCUT2D eigenvalue weighted by molar-refractivity contribution is 9.10. The van der Waals surface area contributed by atoms with E-state index in [2.05, 4.69) is 26.2 Å². The average Bonchev–Trinajstić information content (AvgIpc) is 2.95. The third-order valence-corrected chi connectivity index (χ3v) is 5.07. The maximum absolute atomic E-state index is 13.1. The molecule has 0 aliphatic rings. The SMILES string of the molecule is O=C(Nc1nc(-c2ccc(Cl)cc2Cl)cs1)c1ccc(F)cc1Br. The Morgan fingerprint density at radius 1 is 1.21 bits per heavy atom. The van der Waals surface area contributed by atoms with Gasteiger partial charge in [0.05, 0.1) is 16.3 Å². The van der Waals surface area contributed by atoms with E-state index in [0.717, 1.165) is 5.56 Å². The molecule has 0 aliphatic carbocycles. The van der Waals surface area contributed by atoms with E-state index in [-0.39, 0.29) is 5.91 Å². The van der Waals surface area contributed by atoms with Crippen molar-refractivity contribution in [1.82, 2.24) is 4.98 Å². The van der Waals surface area contributed by atoms with Gasteiger partial charge in [-0.1, -0.05) is 23.2 Å². The first-order valence-corrected chi connectivity index (χ1v) is 9.04. The van der Waals surface area contributed by atoms with Crippen molar-refractivity contribution in [3.8, 4) is 11.3 Å². The minimum Gasteiger partial charge on any atom is -0.298 e. The summed E-state index contributed by atoms with van der Waals surface area (Å²) in [5, 5.41) is 5.90. The minimum absolute atomic E-state index is 0.317. The van der Waals surface area contributed by atoms with Gasteiger partial charge in [0.1, 0.15) is 5.82 Å². The number of nitrogens with zero attached hydrogens (tertiary/aromatic N) is 1. The summed E-state index contributed by atoms with van der Waals surface area (Å²) in [4.78, 5) is 16.6. The summed E-state index contributed by atoms with van der Waals surface area (Å²) in [5.41, 5.74) is 1.67. The van der Waals surface area contributed by atoms with Crippen LogP contribution in [0.1, 0.15) is 10.4 Å². The van der Waals surface area contributed by atoms with Gasteiger partial charge in [-0.3, -0.25) is 10.1 Å². The molecule has 1 heterocycles. The Labute approximate surface area is 159 Å². The molecule has 0 radical (unpaired) electrons. The highest BCUT2D eigenvalue weighted by Gasteiger charge is 2.14. The van der Waals surface area contributed by atoms with Crippen molar-refractivity contribution in [3.05, 3.63) is 67.7 Å². The van der Waals surface area contributed by atoms with Crippen LogP contribution in [-0.4, -0.2) is 10.9 Å². The number of hydrogen-bond donors (Lipinski definition) is 1. The fraction of sp³-hybridized carbons (Fsp3) is 0. The lowest BCUT2D eigenvalue weighted by Crippen LogP contribution is -2.12. The number of hydrogen-bond acceptors (Lipinski definition) is 3. The Morgan fingerprint density at radius 3 is 2.71 bits per heavy atom. The molecule has 24 heavy (non-hydrogen) atoms. The summed E-state index contributed by atoms with van der Waals surface area (Å²) in [5.74, 6) is -0.808. The molecule has 1 N–H and O–H groups in total. The molecular weight excluding hydrogens is 438 g/mol. The fourth-order valence-electron chi connectivity index (χ4n) is 1.99. The lowest BCUT2D eigenvalue weighted by molar-refractivity contribution is 0.102. The Hall–Kier alpha value is -1.47. The fourth-order valence-corrected chi connectivity index (χ4v) is 3.73. The number of carbonyl (C=O) groups is 1. The molecular formula is C16H8BrCl2FN2OS. The molecule has 8 heteroatoms. The van der Waals surface area contributed by atoms with Gasteiger partial charge in [0, 0.05) is 20.4 Å². The topological polar surface area (TPSA) is 42.0 Å². The largest absolute Gasteiger partial charge is 0.298 e. The Morgan fingerprint density at radius 2 is 2.00 bits per heavy atom. The van der Waals surface area contributed by atoms with Gasteiger partial charge < -0.3 is 0 Å². The maximum atomic E-state index is 13.1. The summed E-state index contributed by atoms with van der Waals surface area (Å²) in [6, 6.07) is 8.97. The van der Waals surface area contributed by atoms with Crippen LogP contribution in [0.25, 0.3) is 11.3 Å². The highest BCUT2D eigenvalue weighted by atomic mass is 79.9. The highest BCUT2D eigenvalue weighted by Crippen LogP contribution is 2.32. The second kappa shape index (κ2) is 7.19. The summed E-state index contributed by atoms with van der Waals surface area (Å²) >= 11 is 16.5. The van der Waals surface area contributed by atoms with Crippen LogP contribution >= 0.6 is 50.5 Å². The van der Waals surface area contributed by atoms with Crippen molar-refractivity contribution in [1.29, 1.82) is 0 Å². The lowest BCUT2D eigenvalue weighted by atomic mass is 10.2. The van der Waals surface area contributed by atoms with E-state index in [0.29, 0.717) is 30.9 Å². The van der Waals surface area contributed by atoms with E-state index in [1.54, 1.807) is 23.6 Å². The van der Waals surface area contributed by atoms with Crippen LogP contribution in [0.2, 0.25) is 10.0 Å². The lowest BCUT2D eigenvalue weighted by Gasteiger charge is -2.04. The van der Waals surface area contributed by atoms with E-state index >= 15 is 0 Å². The molecule has 0 unspecified atom stereocenters. The molecule has 0 saturated carbocycles. The van der Waals surface area contributed by atoms with Crippen molar-refractivity contribution < 1.29 is 9.18 Å². The number of nitrogens with one attached hydrogen (secondary N) is 1. The van der Waals surface area contributed by atoms with Crippen LogP contribution in [0, 0.1) is 5.82 Å². The normalized spacial score (nSPS) is 10.7. The monoisotopic (exact) mass is 444 g/mol. The van der Waals surface area contributed by atoms with Gasteiger partial charge in [0.15, 0.2) is 5.13 Å². The quantitative estimate of drug-likeness (QED) is 0.516. The van der Waals surface area contributed by atoms with Gasteiger partial charge in [-0.05, 0) is 52.3 Å². The average molecular weight is 446 g/mol. The zero-order valence-electron chi connectivity index (χ0n) is 11.8. The Balaban J connectivity index is 1.82. The summed E-state index contributed by atoms with van der Waals surface area (Å²) in [6.07, 6.45) is 0. The molecule has 0 spiro atoms. The molecule has 2 aromatic carbocycles. The Bertz CT molecular complexity index is 932. The third kappa shape index (κ3) is 3.78. The maximum Gasteiger partial charge on any atom is 0.258 e. The second-order valence-electron chi connectivity index (χ2n) is 4.74. The first-order chi connectivity index (χ1) is 11.4. The van der Waals surface area contributed by atoms with Crippen LogP contribution in [-0.2, 0) is 0 Å². The first kappa shape index (κ1) is 17.4. The first-order valence-electron chi connectivity index (χ1n) is 6.61. The number of benzene rings is 2. The van der Waals surface area contributed by atoms with Gasteiger partial charge in [-0.15, -0.1) is 11.3 Å². The molecule has 0 aliphatic heterocycles. The molecule has 3 aromatic rings. The molecule has 122 valence electrons. The predicted molar refractivity (Wildman–Crippen MR) is 99.6 cm³/mol. The Kier molecular flexibility index (Phi) is 5.20. The molecule has 3 nitrogen and oxygen atoms in total. The number of rotatable bonds is 3. The van der Waals surface area contributed by atoms with E-state index < -0.39 is 5.82 Å². The van der Waals surface area contributed by atoms with Crippen molar-refractivity contribution in [3.63, 3.8) is 0 Å². The minimum atomic E-state index is -0.424. The van der Waals surface area contributed by atoms with E-state index in [9.17, 15) is 9.18 Å². The van der Waals surface area contributed by atoms with Gasteiger partial charge in [-0.25, -0.2) is 9.37 Å². The number of thiazole rings is 1. The van der Waals surface area contributed by atoms with Crippen molar-refractivity contribution in [2.24, 2.45) is 0 Å². The van der Waals surface area contributed by atoms with Crippen molar-refractivity contribution in [2.45, 2.75) is 0 Å². The summed E-state index contributed by atoms with van der Waals surface area (Å²) in [7, 11) is 0. The number of amides is 1. The van der Waals surface area contributed by atoms with E-state index in [1.165, 1.54) is 29.5 Å². The van der Waals surface area contributed by atoms with Gasteiger partial charge >= 0.3 is 0 Å². The van der Waals surface area contributed by atoms with E-state index in [1.807, 2.05) is 0 Å². The molecule has 1 aromatic heterocycles. The van der Waals surface area contributed by atoms with Crippen LogP contribution in [0.15, 0.2) is 46.3 Å². The predicted octanol–water partition coefficient (Wildman–Crippen LogP) is 6.27. The summed E-state index contributed by atoms with van der Waals surface area (Å²) < 4.78 is 13.5. The zero-order chi connectivity index (χ0) is 17.3. The van der Waals surface area contributed by atoms with Crippen molar-refractivity contribution >= 4 is 61.5 Å². The molecule has 0 saturated heterocycles. The second-order valence-corrected chi connectivity index (χ2v) is 7.30. The van der Waals surface area contributed by atoms with Gasteiger partial charge in [0.25, 0.3) is 5.91 Å². The van der Waals surface area contributed by atoms with Crippen LogP contribution in [0.4, 0.5) is 9.52 Å². The number of halogens is 4. The molecule has 1 amide bonds. The van der Waals surface area contributed by atoms with Crippen LogP contribution in [0.3, 0.4) is 0 Å². The standard InChI is InChI=1S/C16H8BrCl2FN2OS/c17-12-6-9(20)2-4-10(12)15(23)22-16-21-14(7-24-16)11-3-1-8(18)5-13(11)19/h1-7H,(H,21,22,23). The van der Waals surface area contributed by atoms with Gasteiger partial charge in [-0.2, -0.15) is 0 Å². The van der Waals surface area contributed by atoms with Gasteiger partial charge in [0.2, 0.25) is 0 Å². The van der Waals surface area contributed by atoms with Crippen LogP contribution < -0.4 is 5.32 Å². The number of carbonyl (C=O) groups excluding carboxylic acids is 1. The molecule has 0 fully saturated rings. The number of anilines is 1. The smallest absolute Gasteiger partial charge is 0.258 e. The molecule has 0 atom stereocenters. The molecule has 0 bridgehead atoms.